The molecule has 0 saturated heterocycles. The van der Waals surface area contributed by atoms with Crippen molar-refractivity contribution in [1.29, 1.82) is 0 Å². The molecule has 0 spiro atoms. The molecule has 3 aromatic carbocycles. The van der Waals surface area contributed by atoms with Crippen LogP contribution >= 0.6 is 24.8 Å². The number of hydrogen-bond acceptors (Lipinski definition) is 4. The fraction of sp³-hybridized carbons (Fsp3) is 0.167. The highest BCUT2D eigenvalue weighted by molar-refractivity contribution is 5.85. The fourth-order valence-corrected chi connectivity index (χ4v) is 4.21. The molecule has 1 aliphatic rings. The first-order valence-corrected chi connectivity index (χ1v) is 9.57. The molecule has 1 atom stereocenters. The zero-order valence-electron chi connectivity index (χ0n) is 16.7. The number of aromatic nitrogens is 2. The average Bonchev–Trinajstić information content (AvgIpc) is 2.73. The van der Waals surface area contributed by atoms with Crippen LogP contribution in [-0.2, 0) is 6.54 Å². The van der Waals surface area contributed by atoms with Crippen molar-refractivity contribution >= 4 is 41.4 Å². The van der Waals surface area contributed by atoms with Crippen LogP contribution in [-0.4, -0.2) is 28.7 Å². The highest BCUT2D eigenvalue weighted by atomic mass is 35.5. The normalized spacial score (nSPS) is 15.7. The van der Waals surface area contributed by atoms with Gasteiger partial charge in [0.05, 0.1) is 5.69 Å². The van der Waals surface area contributed by atoms with Gasteiger partial charge in [0.1, 0.15) is 5.82 Å². The molecular weight excluding hydrogens is 415 g/mol. The van der Waals surface area contributed by atoms with Crippen molar-refractivity contribution in [2.75, 3.05) is 19.3 Å². The molecule has 30 heavy (non-hydrogen) atoms. The molecule has 0 amide bonds. The largest absolute Gasteiger partial charge is 0.382 e. The Labute approximate surface area is 188 Å². The zero-order chi connectivity index (χ0) is 19.1. The Balaban J connectivity index is 0.00000128. The average molecular weight is 439 g/mol. The minimum absolute atomic E-state index is 0. The summed E-state index contributed by atoms with van der Waals surface area (Å²) in [6, 6.07) is 25.8. The second-order valence-electron chi connectivity index (χ2n) is 7.61. The van der Waals surface area contributed by atoms with E-state index in [4.69, 9.17) is 5.73 Å². The van der Waals surface area contributed by atoms with E-state index < -0.39 is 0 Å². The third-order valence-corrected chi connectivity index (χ3v) is 5.61. The van der Waals surface area contributed by atoms with Crippen LogP contribution in [0, 0.1) is 0 Å². The van der Waals surface area contributed by atoms with Crippen molar-refractivity contribution < 1.29 is 0 Å². The van der Waals surface area contributed by atoms with Gasteiger partial charge in [-0.2, -0.15) is 0 Å². The number of nitrogen functional groups attached to an aromatic ring is 1. The molecule has 0 fully saturated rings. The summed E-state index contributed by atoms with van der Waals surface area (Å²) in [6.07, 6.45) is 0. The Kier molecular flexibility index (Phi) is 6.61. The number of halogens is 2. The van der Waals surface area contributed by atoms with E-state index in [0.717, 1.165) is 24.3 Å². The number of hydrogen-bond donors (Lipinski definition) is 1. The summed E-state index contributed by atoms with van der Waals surface area (Å²) in [4.78, 5) is 2.39. The number of likely N-dealkylation sites (N-methyl/N-ethyl adjacent to an activating group) is 1. The molecule has 0 radical (unpaired) electrons. The number of nitrogens with zero attached hydrogens (tertiary/aromatic N) is 3. The van der Waals surface area contributed by atoms with Crippen molar-refractivity contribution in [3.8, 4) is 11.3 Å². The standard InChI is InChI=1S/C24H22N4.2ClH/c1-28-14-20-13-19(23-10-11-24(25)27-26-23)8-9-21(20)22(15-28)18-7-6-16-4-2-3-5-17(16)12-18;;/h2-13,22H,14-15H2,1H3,(H2,25,27);2*1H/t22-;;/m0../s1. The molecule has 1 aliphatic heterocycles. The molecule has 0 unspecified atom stereocenters. The van der Waals surface area contributed by atoms with Crippen LogP contribution in [0.1, 0.15) is 22.6 Å². The third kappa shape index (κ3) is 4.12. The molecule has 0 bridgehead atoms. The Bertz CT molecular complexity index is 1160. The van der Waals surface area contributed by atoms with Crippen LogP contribution in [0.5, 0.6) is 0 Å². The summed E-state index contributed by atoms with van der Waals surface area (Å²) >= 11 is 0. The Morgan fingerprint density at radius 2 is 1.67 bits per heavy atom. The summed E-state index contributed by atoms with van der Waals surface area (Å²) in [5.74, 6) is 0.808. The lowest BCUT2D eigenvalue weighted by Gasteiger charge is -2.33. The van der Waals surface area contributed by atoms with Gasteiger partial charge in [0, 0.05) is 24.6 Å². The van der Waals surface area contributed by atoms with Crippen molar-refractivity contribution in [2.24, 2.45) is 0 Å². The summed E-state index contributed by atoms with van der Waals surface area (Å²) in [5.41, 5.74) is 11.7. The molecular formula is C24H24Cl2N4. The maximum absolute atomic E-state index is 5.68. The highest BCUT2D eigenvalue weighted by Crippen LogP contribution is 2.36. The van der Waals surface area contributed by atoms with E-state index in [-0.39, 0.29) is 24.8 Å². The Morgan fingerprint density at radius 3 is 2.43 bits per heavy atom. The van der Waals surface area contributed by atoms with Gasteiger partial charge < -0.3 is 10.6 Å². The molecule has 5 rings (SSSR count). The van der Waals surface area contributed by atoms with Gasteiger partial charge in [-0.25, -0.2) is 0 Å². The minimum Gasteiger partial charge on any atom is -0.382 e. The fourth-order valence-electron chi connectivity index (χ4n) is 4.21. The second kappa shape index (κ2) is 9.00. The lowest BCUT2D eigenvalue weighted by Crippen LogP contribution is -2.31. The van der Waals surface area contributed by atoms with Crippen molar-refractivity contribution in [1.82, 2.24) is 15.1 Å². The van der Waals surface area contributed by atoms with E-state index in [1.54, 1.807) is 6.07 Å². The smallest absolute Gasteiger partial charge is 0.146 e. The van der Waals surface area contributed by atoms with Crippen LogP contribution in [0.4, 0.5) is 5.82 Å². The van der Waals surface area contributed by atoms with Gasteiger partial charge in [-0.3, -0.25) is 0 Å². The predicted molar refractivity (Wildman–Crippen MR) is 129 cm³/mol. The zero-order valence-corrected chi connectivity index (χ0v) is 18.3. The van der Waals surface area contributed by atoms with E-state index in [0.29, 0.717) is 11.7 Å². The van der Waals surface area contributed by atoms with E-state index in [1.165, 1.54) is 27.5 Å². The summed E-state index contributed by atoms with van der Waals surface area (Å²) < 4.78 is 0. The molecule has 2 heterocycles. The molecule has 4 nitrogen and oxygen atoms in total. The number of rotatable bonds is 2. The van der Waals surface area contributed by atoms with Crippen molar-refractivity contribution in [2.45, 2.75) is 12.5 Å². The van der Waals surface area contributed by atoms with E-state index in [9.17, 15) is 0 Å². The number of nitrogens with two attached hydrogens (primary N) is 1. The topological polar surface area (TPSA) is 55.0 Å². The molecule has 0 aliphatic carbocycles. The van der Waals surface area contributed by atoms with Crippen molar-refractivity contribution in [3.63, 3.8) is 0 Å². The lowest BCUT2D eigenvalue weighted by atomic mass is 9.83. The van der Waals surface area contributed by atoms with E-state index >= 15 is 0 Å². The second-order valence-corrected chi connectivity index (χ2v) is 7.61. The van der Waals surface area contributed by atoms with E-state index in [2.05, 4.69) is 82.8 Å². The number of fused-ring (bicyclic) bond motifs is 2. The lowest BCUT2D eigenvalue weighted by molar-refractivity contribution is 0.295. The predicted octanol–water partition coefficient (Wildman–Crippen LogP) is 5.30. The molecule has 154 valence electrons. The Hall–Kier alpha value is -2.66. The van der Waals surface area contributed by atoms with Gasteiger partial charge in [0.2, 0.25) is 0 Å². The van der Waals surface area contributed by atoms with Gasteiger partial charge >= 0.3 is 0 Å². The summed E-state index contributed by atoms with van der Waals surface area (Å²) in [7, 11) is 2.19. The van der Waals surface area contributed by atoms with Crippen LogP contribution in [0.2, 0.25) is 0 Å². The van der Waals surface area contributed by atoms with Crippen LogP contribution in [0.15, 0.2) is 72.8 Å². The first-order valence-electron chi connectivity index (χ1n) is 9.57. The van der Waals surface area contributed by atoms with Gasteiger partial charge in [-0.1, -0.05) is 54.6 Å². The molecule has 1 aromatic heterocycles. The highest BCUT2D eigenvalue weighted by Gasteiger charge is 2.25. The molecule has 2 N–H and O–H groups in total. The van der Waals surface area contributed by atoms with Crippen LogP contribution in [0.3, 0.4) is 0 Å². The maximum atomic E-state index is 5.68. The molecule has 6 heteroatoms. The quantitative estimate of drug-likeness (QED) is 0.461. The van der Waals surface area contributed by atoms with Crippen LogP contribution < -0.4 is 5.73 Å². The number of anilines is 1. The Morgan fingerprint density at radius 1 is 0.867 bits per heavy atom. The van der Waals surface area contributed by atoms with Crippen LogP contribution in [0.25, 0.3) is 22.0 Å². The SMILES string of the molecule is CN1Cc2cc(-c3ccc(N)nn3)ccc2[C@H](c2ccc3ccccc3c2)C1.Cl.Cl. The molecule has 4 aromatic rings. The van der Waals surface area contributed by atoms with Gasteiger partial charge in [-0.15, -0.1) is 35.0 Å². The number of benzene rings is 3. The minimum atomic E-state index is 0. The first kappa shape index (κ1) is 22.0. The summed E-state index contributed by atoms with van der Waals surface area (Å²) in [6.45, 7) is 1.96. The summed E-state index contributed by atoms with van der Waals surface area (Å²) in [5, 5.41) is 10.8. The van der Waals surface area contributed by atoms with Gasteiger partial charge in [-0.05, 0) is 52.7 Å². The third-order valence-electron chi connectivity index (χ3n) is 5.61. The van der Waals surface area contributed by atoms with Gasteiger partial charge in [0.15, 0.2) is 0 Å². The monoisotopic (exact) mass is 438 g/mol. The first-order chi connectivity index (χ1) is 13.7. The van der Waals surface area contributed by atoms with E-state index in [1.807, 2.05) is 6.07 Å². The molecule has 0 saturated carbocycles. The van der Waals surface area contributed by atoms with Gasteiger partial charge in [0.25, 0.3) is 0 Å². The maximum Gasteiger partial charge on any atom is 0.146 e. The van der Waals surface area contributed by atoms with Crippen molar-refractivity contribution in [3.05, 3.63) is 89.5 Å².